The average molecular weight is 490 g/mol. The smallest absolute Gasteiger partial charge is 0.341 e. The van der Waals surface area contributed by atoms with Crippen LogP contribution in [0.1, 0.15) is 22.8 Å². The van der Waals surface area contributed by atoms with Crippen molar-refractivity contribution in [2.24, 2.45) is 19.3 Å². The maximum absolute atomic E-state index is 14.5. The number of oxime groups is 1. The van der Waals surface area contributed by atoms with Crippen LogP contribution in [0, 0.1) is 16.4 Å². The van der Waals surface area contributed by atoms with Gasteiger partial charge in [-0.2, -0.15) is 0 Å². The Hall–Kier alpha value is -3.93. The highest BCUT2D eigenvalue weighted by Crippen LogP contribution is 2.18. The van der Waals surface area contributed by atoms with Crippen LogP contribution in [0.15, 0.2) is 57.2 Å². The fourth-order valence-corrected chi connectivity index (χ4v) is 3.06. The van der Waals surface area contributed by atoms with Gasteiger partial charge in [-0.05, 0) is 30.8 Å². The number of hydrogen-bond acceptors (Lipinski definition) is 7. The van der Waals surface area contributed by atoms with Crippen LogP contribution >= 0.6 is 12.2 Å². The SMILES string of the molecule is CC(COC(=O)c1cc(-n2c(=O)n(C)c(=S)n(C)c2=O)c(F)cc1F)=NOCc1ccccc1. The number of hydrogen-bond donors (Lipinski definition) is 0. The number of ether oxygens (including phenoxy) is 1. The van der Waals surface area contributed by atoms with E-state index in [1.54, 1.807) is 0 Å². The van der Waals surface area contributed by atoms with E-state index in [0.29, 0.717) is 10.6 Å². The molecular formula is C22H20F2N4O5S. The van der Waals surface area contributed by atoms with Crippen molar-refractivity contribution in [3.63, 3.8) is 0 Å². The molecule has 0 fully saturated rings. The normalized spacial score (nSPS) is 11.4. The van der Waals surface area contributed by atoms with Crippen LogP contribution in [0.4, 0.5) is 8.78 Å². The predicted octanol–water partition coefficient (Wildman–Crippen LogP) is 2.63. The van der Waals surface area contributed by atoms with Gasteiger partial charge in [-0.1, -0.05) is 35.5 Å². The summed E-state index contributed by atoms with van der Waals surface area (Å²) < 4.78 is 36.1. The van der Waals surface area contributed by atoms with E-state index in [4.69, 9.17) is 21.8 Å². The molecular weight excluding hydrogens is 470 g/mol. The zero-order chi connectivity index (χ0) is 25.0. The maximum Gasteiger partial charge on any atom is 0.341 e. The molecule has 34 heavy (non-hydrogen) atoms. The first-order chi connectivity index (χ1) is 16.1. The van der Waals surface area contributed by atoms with Crippen molar-refractivity contribution in [3.05, 3.63) is 91.0 Å². The lowest BCUT2D eigenvalue weighted by molar-refractivity contribution is 0.0550. The van der Waals surface area contributed by atoms with Crippen molar-refractivity contribution in [2.75, 3.05) is 6.61 Å². The van der Waals surface area contributed by atoms with E-state index in [1.807, 2.05) is 30.3 Å². The average Bonchev–Trinajstić information content (AvgIpc) is 2.82. The molecule has 1 heterocycles. The second-order valence-corrected chi connectivity index (χ2v) is 7.61. The summed E-state index contributed by atoms with van der Waals surface area (Å²) in [7, 11) is 2.58. The monoisotopic (exact) mass is 490 g/mol. The van der Waals surface area contributed by atoms with Crippen molar-refractivity contribution in [3.8, 4) is 5.69 Å². The number of esters is 1. The molecule has 2 aromatic carbocycles. The molecule has 0 atom stereocenters. The highest BCUT2D eigenvalue weighted by atomic mass is 32.1. The molecule has 0 aliphatic rings. The van der Waals surface area contributed by atoms with Crippen LogP contribution in [0.25, 0.3) is 5.69 Å². The summed E-state index contributed by atoms with van der Waals surface area (Å²) in [6.45, 7) is 1.40. The van der Waals surface area contributed by atoms with E-state index in [1.165, 1.54) is 21.0 Å². The fourth-order valence-electron chi connectivity index (χ4n) is 2.91. The summed E-state index contributed by atoms with van der Waals surface area (Å²) in [5.74, 6) is -3.60. The molecule has 0 saturated heterocycles. The minimum atomic E-state index is -1.23. The minimum Gasteiger partial charge on any atom is -0.456 e. The largest absolute Gasteiger partial charge is 0.456 e. The van der Waals surface area contributed by atoms with Gasteiger partial charge in [0.2, 0.25) is 0 Å². The number of carbonyl (C=O) groups excluding carboxylic acids is 1. The molecule has 178 valence electrons. The van der Waals surface area contributed by atoms with E-state index in [-0.39, 0.29) is 23.7 Å². The Morgan fingerprint density at radius 3 is 2.26 bits per heavy atom. The van der Waals surface area contributed by atoms with Crippen molar-refractivity contribution in [2.45, 2.75) is 13.5 Å². The topological polar surface area (TPSA) is 96.8 Å². The molecule has 12 heteroatoms. The molecule has 3 rings (SSSR count). The molecule has 0 unspecified atom stereocenters. The van der Waals surface area contributed by atoms with E-state index in [0.717, 1.165) is 20.8 Å². The van der Waals surface area contributed by atoms with E-state index < -0.39 is 40.2 Å². The molecule has 1 aromatic heterocycles. The van der Waals surface area contributed by atoms with Gasteiger partial charge >= 0.3 is 17.3 Å². The quantitative estimate of drug-likeness (QED) is 0.219. The molecule has 0 aliphatic carbocycles. The van der Waals surface area contributed by atoms with Gasteiger partial charge < -0.3 is 9.57 Å². The second kappa shape index (κ2) is 10.3. The van der Waals surface area contributed by atoms with Gasteiger partial charge in [0.1, 0.15) is 19.0 Å². The number of nitrogens with zero attached hydrogens (tertiary/aromatic N) is 4. The van der Waals surface area contributed by atoms with E-state index in [2.05, 4.69) is 5.16 Å². The first-order valence-corrected chi connectivity index (χ1v) is 10.3. The summed E-state index contributed by atoms with van der Waals surface area (Å²) in [6, 6.07) is 10.4. The summed E-state index contributed by atoms with van der Waals surface area (Å²) in [5.41, 5.74) is -2.05. The molecule has 0 amide bonds. The number of carbonyl (C=O) groups is 1. The molecule has 0 radical (unpaired) electrons. The molecule has 0 N–H and O–H groups in total. The van der Waals surface area contributed by atoms with Crippen LogP contribution < -0.4 is 11.4 Å². The van der Waals surface area contributed by atoms with Crippen LogP contribution in [0.3, 0.4) is 0 Å². The van der Waals surface area contributed by atoms with Gasteiger partial charge in [-0.25, -0.2) is 27.7 Å². The summed E-state index contributed by atoms with van der Waals surface area (Å²) in [5, 5.41) is 3.82. The Morgan fingerprint density at radius 1 is 1.03 bits per heavy atom. The molecule has 0 spiro atoms. The Bertz CT molecular complexity index is 1400. The minimum absolute atomic E-state index is 0.0994. The van der Waals surface area contributed by atoms with Gasteiger partial charge in [0, 0.05) is 20.2 Å². The molecule has 9 nitrogen and oxygen atoms in total. The van der Waals surface area contributed by atoms with Crippen molar-refractivity contribution >= 4 is 23.9 Å². The van der Waals surface area contributed by atoms with E-state index >= 15 is 0 Å². The van der Waals surface area contributed by atoms with Crippen LogP contribution in [0.2, 0.25) is 0 Å². The van der Waals surface area contributed by atoms with Gasteiger partial charge in [-0.3, -0.25) is 9.13 Å². The Labute approximate surface area is 197 Å². The van der Waals surface area contributed by atoms with Gasteiger partial charge in [0.25, 0.3) is 0 Å². The first-order valence-electron chi connectivity index (χ1n) is 9.86. The van der Waals surface area contributed by atoms with Crippen molar-refractivity contribution in [1.82, 2.24) is 13.7 Å². The van der Waals surface area contributed by atoms with E-state index in [9.17, 15) is 23.2 Å². The lowest BCUT2D eigenvalue weighted by Crippen LogP contribution is -2.44. The van der Waals surface area contributed by atoms with Crippen molar-refractivity contribution < 1.29 is 23.1 Å². The number of aromatic nitrogens is 3. The Kier molecular flexibility index (Phi) is 7.51. The molecule has 0 saturated carbocycles. The third kappa shape index (κ3) is 5.17. The first kappa shape index (κ1) is 24.7. The highest BCUT2D eigenvalue weighted by molar-refractivity contribution is 7.71. The number of halogens is 2. The fraction of sp³-hybridized carbons (Fsp3) is 0.227. The summed E-state index contributed by atoms with van der Waals surface area (Å²) >= 11 is 4.98. The summed E-state index contributed by atoms with van der Waals surface area (Å²) in [6.07, 6.45) is 0. The van der Waals surface area contributed by atoms with Crippen LogP contribution in [-0.2, 0) is 30.3 Å². The standard InChI is InChI=1S/C22H20F2N4O5S/c1-13(25-33-12-14-7-5-4-6-8-14)11-32-19(29)15-9-18(17(24)10-16(15)23)28-20(30)26(2)22(34)27(3)21(28)31/h4-10H,11-12H2,1-3H3. The van der Waals surface area contributed by atoms with Crippen molar-refractivity contribution in [1.29, 1.82) is 0 Å². The lowest BCUT2D eigenvalue weighted by atomic mass is 10.1. The second-order valence-electron chi connectivity index (χ2n) is 7.25. The highest BCUT2D eigenvalue weighted by Gasteiger charge is 2.21. The third-order valence-electron chi connectivity index (χ3n) is 4.73. The molecule has 0 bridgehead atoms. The maximum atomic E-state index is 14.5. The summed E-state index contributed by atoms with van der Waals surface area (Å²) in [4.78, 5) is 42.7. The molecule has 3 aromatic rings. The predicted molar refractivity (Wildman–Crippen MR) is 122 cm³/mol. The third-order valence-corrected chi connectivity index (χ3v) is 5.28. The van der Waals surface area contributed by atoms with Crippen LogP contribution in [-0.4, -0.2) is 32.0 Å². The van der Waals surface area contributed by atoms with Gasteiger partial charge in [0.05, 0.1) is 17.0 Å². The Balaban J connectivity index is 1.82. The zero-order valence-corrected chi connectivity index (χ0v) is 19.3. The Morgan fingerprint density at radius 2 is 1.65 bits per heavy atom. The zero-order valence-electron chi connectivity index (χ0n) is 18.4. The molecule has 0 aliphatic heterocycles. The number of rotatable bonds is 7. The van der Waals surface area contributed by atoms with Crippen LogP contribution in [0.5, 0.6) is 0 Å². The van der Waals surface area contributed by atoms with Gasteiger partial charge in [-0.15, -0.1) is 0 Å². The van der Waals surface area contributed by atoms with Gasteiger partial charge in [0.15, 0.2) is 10.6 Å². The number of benzene rings is 2. The lowest BCUT2D eigenvalue weighted by Gasteiger charge is -2.13.